The van der Waals surface area contributed by atoms with Gasteiger partial charge in [-0.15, -0.1) is 0 Å². The molecule has 2 fully saturated rings. The molecule has 0 aromatic heterocycles. The Morgan fingerprint density at radius 1 is 1.00 bits per heavy atom. The van der Waals surface area contributed by atoms with Crippen molar-refractivity contribution >= 4 is 17.8 Å². The SMILES string of the molecule is CCOc1cccc(CN2CCC(C(=O)N3CCC(C)CC3)CC2)c1O.O=C(O)C(=O)O. The van der Waals surface area contributed by atoms with Crippen molar-refractivity contribution in [3.8, 4) is 11.5 Å². The third-order valence-electron chi connectivity index (χ3n) is 5.99. The van der Waals surface area contributed by atoms with E-state index in [1.165, 1.54) is 0 Å². The van der Waals surface area contributed by atoms with E-state index in [-0.39, 0.29) is 11.7 Å². The molecule has 9 nitrogen and oxygen atoms in total. The lowest BCUT2D eigenvalue weighted by molar-refractivity contribution is -0.159. The first-order valence-electron chi connectivity index (χ1n) is 11.1. The van der Waals surface area contributed by atoms with E-state index in [9.17, 15) is 9.90 Å². The van der Waals surface area contributed by atoms with E-state index >= 15 is 0 Å². The van der Waals surface area contributed by atoms with E-state index in [0.717, 1.165) is 63.3 Å². The van der Waals surface area contributed by atoms with Crippen LogP contribution in [0.4, 0.5) is 0 Å². The predicted molar refractivity (Wildman–Crippen MR) is 118 cm³/mol. The van der Waals surface area contributed by atoms with Gasteiger partial charge in [0, 0.05) is 31.1 Å². The Balaban J connectivity index is 0.000000534. The van der Waals surface area contributed by atoms with Crippen LogP contribution in [0.1, 0.15) is 45.1 Å². The molecule has 2 saturated heterocycles. The van der Waals surface area contributed by atoms with Gasteiger partial charge in [-0.2, -0.15) is 0 Å². The second-order valence-electron chi connectivity index (χ2n) is 8.37. The maximum Gasteiger partial charge on any atom is 0.414 e. The largest absolute Gasteiger partial charge is 0.504 e. The topological polar surface area (TPSA) is 128 Å². The lowest BCUT2D eigenvalue weighted by atomic mass is 9.92. The number of carboxylic acids is 2. The van der Waals surface area contributed by atoms with Crippen LogP contribution >= 0.6 is 0 Å². The van der Waals surface area contributed by atoms with Gasteiger partial charge in [0.05, 0.1) is 6.61 Å². The van der Waals surface area contributed by atoms with Crippen molar-refractivity contribution < 1.29 is 34.4 Å². The first kappa shape index (κ1) is 25.5. The zero-order chi connectivity index (χ0) is 23.7. The predicted octanol–water partition coefficient (Wildman–Crippen LogP) is 2.42. The summed E-state index contributed by atoms with van der Waals surface area (Å²) in [7, 11) is 0. The summed E-state index contributed by atoms with van der Waals surface area (Å²) in [5.74, 6) is -1.57. The van der Waals surface area contributed by atoms with Gasteiger partial charge >= 0.3 is 11.9 Å². The Morgan fingerprint density at radius 3 is 2.12 bits per heavy atom. The van der Waals surface area contributed by atoms with Gasteiger partial charge < -0.3 is 25.0 Å². The molecule has 0 radical (unpaired) electrons. The second kappa shape index (κ2) is 12.3. The minimum absolute atomic E-state index is 0.169. The van der Waals surface area contributed by atoms with Crippen LogP contribution in [-0.2, 0) is 20.9 Å². The van der Waals surface area contributed by atoms with E-state index < -0.39 is 11.9 Å². The molecule has 0 unspecified atom stereocenters. The molecule has 0 atom stereocenters. The van der Waals surface area contributed by atoms with E-state index in [1.807, 2.05) is 19.1 Å². The molecular formula is C23H34N2O7. The van der Waals surface area contributed by atoms with Gasteiger partial charge in [-0.25, -0.2) is 9.59 Å². The summed E-state index contributed by atoms with van der Waals surface area (Å²) in [6.07, 6.45) is 4.10. The number of nitrogens with zero attached hydrogens (tertiary/aromatic N) is 2. The summed E-state index contributed by atoms with van der Waals surface area (Å²) >= 11 is 0. The van der Waals surface area contributed by atoms with Gasteiger partial charge in [0.15, 0.2) is 11.5 Å². The standard InChI is InChI=1S/C21H32N2O3.C2H2O4/c1-3-26-19-6-4-5-18(20(19)24)15-22-11-9-17(10-12-22)21(25)23-13-7-16(2)8-14-23;3-1(4)2(5)6/h4-6,16-17,24H,3,7-15H2,1-2H3;(H,3,4)(H,5,6). The van der Waals surface area contributed by atoms with Gasteiger partial charge in [0.25, 0.3) is 0 Å². The Kier molecular flexibility index (Phi) is 9.77. The molecule has 0 spiro atoms. The molecule has 1 aromatic rings. The minimum atomic E-state index is -1.82. The maximum absolute atomic E-state index is 12.7. The van der Waals surface area contributed by atoms with Crippen molar-refractivity contribution in [2.45, 2.75) is 46.1 Å². The second-order valence-corrected chi connectivity index (χ2v) is 8.37. The van der Waals surface area contributed by atoms with Crippen LogP contribution in [0, 0.1) is 11.8 Å². The number of hydrogen-bond donors (Lipinski definition) is 3. The number of benzene rings is 1. The average molecular weight is 451 g/mol. The fraction of sp³-hybridized carbons (Fsp3) is 0.609. The van der Waals surface area contributed by atoms with Crippen molar-refractivity contribution in [1.29, 1.82) is 0 Å². The summed E-state index contributed by atoms with van der Waals surface area (Å²) in [5.41, 5.74) is 0.894. The lowest BCUT2D eigenvalue weighted by Gasteiger charge is -2.36. The average Bonchev–Trinajstić information content (AvgIpc) is 2.77. The van der Waals surface area contributed by atoms with Gasteiger partial charge in [-0.05, 0) is 57.7 Å². The van der Waals surface area contributed by atoms with Crippen LogP contribution in [0.3, 0.4) is 0 Å². The Labute approximate surface area is 188 Å². The number of rotatable bonds is 5. The highest BCUT2D eigenvalue weighted by molar-refractivity contribution is 6.27. The van der Waals surface area contributed by atoms with Crippen LogP contribution in [0.15, 0.2) is 18.2 Å². The van der Waals surface area contributed by atoms with Crippen molar-refractivity contribution in [2.24, 2.45) is 11.8 Å². The number of aromatic hydroxyl groups is 1. The van der Waals surface area contributed by atoms with E-state index in [2.05, 4.69) is 16.7 Å². The molecule has 2 aliphatic heterocycles. The highest BCUT2D eigenvalue weighted by atomic mass is 16.5. The number of likely N-dealkylation sites (tertiary alicyclic amines) is 2. The molecule has 2 aliphatic rings. The summed E-state index contributed by atoms with van der Waals surface area (Å²) in [6, 6.07) is 5.67. The summed E-state index contributed by atoms with van der Waals surface area (Å²) in [4.78, 5) is 35.4. The monoisotopic (exact) mass is 450 g/mol. The number of hydrogen-bond acceptors (Lipinski definition) is 6. The number of ether oxygens (including phenoxy) is 1. The third kappa shape index (κ3) is 7.40. The van der Waals surface area contributed by atoms with Crippen LogP contribution < -0.4 is 4.74 Å². The first-order chi connectivity index (χ1) is 15.2. The van der Waals surface area contributed by atoms with E-state index in [1.54, 1.807) is 6.07 Å². The molecule has 32 heavy (non-hydrogen) atoms. The number of carbonyl (C=O) groups is 3. The number of piperidine rings is 2. The number of aliphatic carboxylic acids is 2. The number of carbonyl (C=O) groups excluding carboxylic acids is 1. The Hall–Kier alpha value is -2.81. The normalized spacial score (nSPS) is 17.9. The van der Waals surface area contributed by atoms with Crippen molar-refractivity contribution in [3.63, 3.8) is 0 Å². The molecule has 3 N–H and O–H groups in total. The van der Waals surface area contributed by atoms with Crippen LogP contribution in [0.2, 0.25) is 0 Å². The zero-order valence-electron chi connectivity index (χ0n) is 18.8. The molecule has 9 heteroatoms. The van der Waals surface area contributed by atoms with Crippen molar-refractivity contribution in [2.75, 3.05) is 32.8 Å². The number of phenols is 1. The fourth-order valence-electron chi connectivity index (χ4n) is 4.03. The van der Waals surface area contributed by atoms with Crippen molar-refractivity contribution in [3.05, 3.63) is 23.8 Å². The van der Waals surface area contributed by atoms with Gasteiger partial charge in [0.2, 0.25) is 5.91 Å². The number of carboxylic acid groups (broad SMARTS) is 2. The highest BCUT2D eigenvalue weighted by Gasteiger charge is 2.30. The molecule has 1 aromatic carbocycles. The maximum atomic E-state index is 12.7. The summed E-state index contributed by atoms with van der Waals surface area (Å²) in [5, 5.41) is 25.2. The minimum Gasteiger partial charge on any atom is -0.504 e. The lowest BCUT2D eigenvalue weighted by Crippen LogP contribution is -2.45. The number of amides is 1. The number of phenolic OH excluding ortho intramolecular Hbond substituents is 1. The zero-order valence-corrected chi connectivity index (χ0v) is 18.8. The molecule has 1 amide bonds. The molecule has 178 valence electrons. The first-order valence-corrected chi connectivity index (χ1v) is 11.1. The van der Waals surface area contributed by atoms with Gasteiger partial charge in [0.1, 0.15) is 0 Å². The molecule has 0 aliphatic carbocycles. The molecular weight excluding hydrogens is 416 g/mol. The number of para-hydroxylation sites is 1. The Bertz CT molecular complexity index is 771. The quantitative estimate of drug-likeness (QED) is 0.584. The van der Waals surface area contributed by atoms with Crippen LogP contribution in [0.5, 0.6) is 11.5 Å². The molecule has 3 rings (SSSR count). The van der Waals surface area contributed by atoms with Gasteiger partial charge in [-0.1, -0.05) is 19.1 Å². The molecule has 2 heterocycles. The molecule has 0 bridgehead atoms. The summed E-state index contributed by atoms with van der Waals surface area (Å²) < 4.78 is 5.47. The van der Waals surface area contributed by atoms with Crippen LogP contribution in [0.25, 0.3) is 0 Å². The Morgan fingerprint density at radius 2 is 1.59 bits per heavy atom. The highest BCUT2D eigenvalue weighted by Crippen LogP contribution is 2.32. The van der Waals surface area contributed by atoms with E-state index in [4.69, 9.17) is 24.5 Å². The summed E-state index contributed by atoms with van der Waals surface area (Å²) in [6.45, 7) is 9.09. The van der Waals surface area contributed by atoms with Crippen molar-refractivity contribution in [1.82, 2.24) is 9.80 Å². The smallest absolute Gasteiger partial charge is 0.414 e. The fourth-order valence-corrected chi connectivity index (χ4v) is 4.03. The van der Waals surface area contributed by atoms with Crippen LogP contribution in [-0.4, -0.2) is 75.8 Å². The third-order valence-corrected chi connectivity index (χ3v) is 5.99. The van der Waals surface area contributed by atoms with Gasteiger partial charge in [-0.3, -0.25) is 9.69 Å². The van der Waals surface area contributed by atoms with E-state index in [0.29, 0.717) is 24.8 Å². The molecule has 0 saturated carbocycles.